The maximum absolute atomic E-state index is 2.52. The number of nitrogens with zero attached hydrogens (tertiary/aromatic N) is 3. The Kier molecular flexibility index (Phi) is 5.65. The van der Waals surface area contributed by atoms with Crippen molar-refractivity contribution in [2.45, 2.75) is 29.3 Å². The molecule has 20 heavy (non-hydrogen) atoms. The van der Waals surface area contributed by atoms with Crippen molar-refractivity contribution in [1.82, 2.24) is 13.7 Å². The molecule has 0 spiro atoms. The van der Waals surface area contributed by atoms with Gasteiger partial charge in [-0.05, 0) is 0 Å². The maximum atomic E-state index is 2.52. The summed E-state index contributed by atoms with van der Waals surface area (Å²) < 4.78 is 9.15. The van der Waals surface area contributed by atoms with E-state index < -0.39 is 24.6 Å². The molecule has 0 fully saturated rings. The van der Waals surface area contributed by atoms with Crippen molar-refractivity contribution in [3.63, 3.8) is 0 Å². The SMILES string of the molecule is CC1=[C]([Pt]([CH3])([CH3])[CH3])CC=C1[Si](N(C)C)(N(C)C)N(C)C. The van der Waals surface area contributed by atoms with Gasteiger partial charge in [0.25, 0.3) is 0 Å². The molecule has 1 rings (SSSR count). The molecule has 0 saturated carbocycles. The van der Waals surface area contributed by atoms with Crippen LogP contribution in [0.5, 0.6) is 0 Å². The molecule has 0 aliphatic heterocycles. The Morgan fingerprint density at radius 1 is 0.900 bits per heavy atom. The Balaban J connectivity index is 3.43. The summed E-state index contributed by atoms with van der Waals surface area (Å²) in [5.41, 5.74) is 1.59. The Morgan fingerprint density at radius 3 is 1.55 bits per heavy atom. The molecule has 1 aliphatic carbocycles. The Hall–Kier alpha value is 0.265. The second-order valence-corrected chi connectivity index (χ2v) is 22.6. The van der Waals surface area contributed by atoms with Gasteiger partial charge in [-0.2, -0.15) is 0 Å². The van der Waals surface area contributed by atoms with Gasteiger partial charge in [-0.15, -0.1) is 0 Å². The fourth-order valence-electron chi connectivity index (χ4n) is 3.49. The summed E-state index contributed by atoms with van der Waals surface area (Å²) in [4.78, 5) is 0. The van der Waals surface area contributed by atoms with E-state index in [2.05, 4.69) is 84.9 Å². The van der Waals surface area contributed by atoms with Crippen molar-refractivity contribution in [1.29, 1.82) is 0 Å². The zero-order chi connectivity index (χ0) is 15.9. The molecule has 0 unspecified atom stereocenters. The fraction of sp³-hybridized carbons (Fsp3) is 0.733. The molecule has 0 N–H and O–H groups in total. The molecule has 3 nitrogen and oxygen atoms in total. The van der Waals surface area contributed by atoms with Crippen molar-refractivity contribution in [3.05, 3.63) is 20.8 Å². The molecule has 0 radical (unpaired) electrons. The molecule has 0 aromatic carbocycles. The molecule has 0 heterocycles. The van der Waals surface area contributed by atoms with Crippen LogP contribution in [0.25, 0.3) is 0 Å². The van der Waals surface area contributed by atoms with Gasteiger partial charge in [0.15, 0.2) is 0 Å². The van der Waals surface area contributed by atoms with E-state index in [1.165, 1.54) is 6.42 Å². The molecule has 1 aliphatic rings. The van der Waals surface area contributed by atoms with Crippen LogP contribution in [0.1, 0.15) is 13.3 Å². The summed E-state index contributed by atoms with van der Waals surface area (Å²) >= 11 is -1.66. The molecule has 0 aromatic heterocycles. The third-order valence-corrected chi connectivity index (χ3v) is 14.5. The van der Waals surface area contributed by atoms with Gasteiger partial charge in [-0.25, -0.2) is 0 Å². The van der Waals surface area contributed by atoms with Crippen molar-refractivity contribution in [2.24, 2.45) is 0 Å². The Bertz CT molecular complexity index is 409. The van der Waals surface area contributed by atoms with Gasteiger partial charge in [0.2, 0.25) is 0 Å². The standard InChI is InChI=1S/C12H24N3Si.3CH3.Pt/c1-11-9-8-10-12(11)16(13(2)3,14(4)5)15(6)7;;;;/h10H,8H2,1-7H3;3*1H3;. The van der Waals surface area contributed by atoms with Gasteiger partial charge >= 0.3 is 131 Å². The summed E-state index contributed by atoms with van der Waals surface area (Å²) in [6.07, 6.45) is 3.71. The van der Waals surface area contributed by atoms with Gasteiger partial charge in [0.1, 0.15) is 0 Å². The summed E-state index contributed by atoms with van der Waals surface area (Å²) in [5, 5.41) is 9.12. The van der Waals surface area contributed by atoms with E-state index in [9.17, 15) is 0 Å². The van der Waals surface area contributed by atoms with Gasteiger partial charge < -0.3 is 0 Å². The predicted octanol–water partition coefficient (Wildman–Crippen LogP) is 3.05. The van der Waals surface area contributed by atoms with E-state index in [1.54, 1.807) is 14.7 Å². The van der Waals surface area contributed by atoms with Crippen molar-refractivity contribution in [3.8, 4) is 0 Å². The van der Waals surface area contributed by atoms with Crippen LogP contribution in [0, 0.1) is 0 Å². The van der Waals surface area contributed by atoms with E-state index in [0.717, 1.165) is 0 Å². The third-order valence-electron chi connectivity index (χ3n) is 4.07. The van der Waals surface area contributed by atoms with Gasteiger partial charge in [-0.3, -0.25) is 0 Å². The summed E-state index contributed by atoms with van der Waals surface area (Å²) in [5.74, 6) is 0. The van der Waals surface area contributed by atoms with Gasteiger partial charge in [-0.1, -0.05) is 0 Å². The number of hydrogen-bond acceptors (Lipinski definition) is 3. The number of allylic oxidation sites excluding steroid dienone is 4. The first-order valence-corrected chi connectivity index (χ1v) is 16.6. The summed E-state index contributed by atoms with van der Waals surface area (Å²) in [6, 6.07) is 0. The Morgan fingerprint density at radius 2 is 1.30 bits per heavy atom. The van der Waals surface area contributed by atoms with Crippen LogP contribution < -0.4 is 0 Å². The van der Waals surface area contributed by atoms with Crippen LogP contribution in [0.3, 0.4) is 0 Å². The fourth-order valence-corrected chi connectivity index (χ4v) is 13.1. The van der Waals surface area contributed by atoms with Crippen LogP contribution >= 0.6 is 0 Å². The second-order valence-electron chi connectivity index (χ2n) is 6.56. The van der Waals surface area contributed by atoms with E-state index in [-0.39, 0.29) is 0 Å². The minimum absolute atomic E-state index is 1.19. The van der Waals surface area contributed by atoms with Crippen LogP contribution in [0.15, 0.2) is 20.8 Å². The average Bonchev–Trinajstić information content (AvgIpc) is 2.59. The first-order valence-electron chi connectivity index (χ1n) is 6.76. The van der Waals surface area contributed by atoms with Crippen LogP contribution in [0.2, 0.25) is 15.9 Å². The molecule has 0 aromatic rings. The Labute approximate surface area is 130 Å². The molecule has 0 atom stereocenters. The normalized spacial score (nSPS) is 18.6. The molecular formula is C15H33N3PtSi. The monoisotopic (exact) mass is 478 g/mol. The third kappa shape index (κ3) is 2.91. The van der Waals surface area contributed by atoms with E-state index in [1.807, 2.05) is 0 Å². The van der Waals surface area contributed by atoms with E-state index >= 15 is 0 Å². The van der Waals surface area contributed by atoms with E-state index in [4.69, 9.17) is 0 Å². The van der Waals surface area contributed by atoms with Crippen LogP contribution in [0.4, 0.5) is 0 Å². The average molecular weight is 479 g/mol. The van der Waals surface area contributed by atoms with Crippen LogP contribution in [-0.2, 0) is 16.1 Å². The second kappa shape index (κ2) is 6.17. The molecule has 0 saturated heterocycles. The first kappa shape index (κ1) is 18.3. The van der Waals surface area contributed by atoms with Crippen molar-refractivity contribution < 1.29 is 16.1 Å². The predicted molar refractivity (Wildman–Crippen MR) is 89.8 cm³/mol. The summed E-state index contributed by atoms with van der Waals surface area (Å²) in [6.45, 7) is 2.36. The molecule has 0 amide bonds. The van der Waals surface area contributed by atoms with E-state index in [0.29, 0.717) is 0 Å². The van der Waals surface area contributed by atoms with Gasteiger partial charge in [0.05, 0.1) is 0 Å². The summed E-state index contributed by atoms with van der Waals surface area (Å²) in [7, 11) is 11.4. The quantitative estimate of drug-likeness (QED) is 0.563. The van der Waals surface area contributed by atoms with Gasteiger partial charge in [0, 0.05) is 0 Å². The topological polar surface area (TPSA) is 9.72 Å². The molecular weight excluding hydrogens is 445 g/mol. The zero-order valence-electron chi connectivity index (χ0n) is 14.9. The van der Waals surface area contributed by atoms with Crippen molar-refractivity contribution in [2.75, 3.05) is 42.3 Å². The van der Waals surface area contributed by atoms with Crippen LogP contribution in [-0.4, -0.2) is 64.5 Å². The molecule has 5 heteroatoms. The minimum atomic E-state index is -1.95. The first-order chi connectivity index (χ1) is 8.97. The zero-order valence-corrected chi connectivity index (χ0v) is 18.2. The number of hydrogen-bond donors (Lipinski definition) is 0. The molecule has 0 bridgehead atoms. The molecule has 122 valence electrons. The van der Waals surface area contributed by atoms with Crippen molar-refractivity contribution >= 4 is 8.56 Å². The number of rotatable bonds is 5.